The molecule has 1 aromatic heterocycles. The SMILES string of the molecule is C=CC(=O)OCCCCCCCCCCCCc1c(C)ccnc1Cl. The molecule has 0 aliphatic carbocycles. The van der Waals surface area contributed by atoms with Gasteiger partial charge in [0.25, 0.3) is 0 Å². The molecule has 140 valence electrons. The smallest absolute Gasteiger partial charge is 0.330 e. The van der Waals surface area contributed by atoms with Crippen LogP contribution in [0.4, 0.5) is 0 Å². The Kier molecular flexibility index (Phi) is 12.0. The third-order valence-electron chi connectivity index (χ3n) is 4.47. The predicted octanol–water partition coefficient (Wildman–Crippen LogP) is 6.22. The van der Waals surface area contributed by atoms with Crippen LogP contribution in [0.3, 0.4) is 0 Å². The third kappa shape index (κ3) is 10.3. The molecule has 1 aromatic rings. The first-order chi connectivity index (χ1) is 12.1. The third-order valence-corrected chi connectivity index (χ3v) is 4.80. The molecule has 0 amide bonds. The Morgan fingerprint density at radius 3 is 2.20 bits per heavy atom. The molecule has 0 fully saturated rings. The number of nitrogens with zero attached hydrogens (tertiary/aromatic N) is 1. The van der Waals surface area contributed by atoms with E-state index in [0.29, 0.717) is 11.8 Å². The van der Waals surface area contributed by atoms with Crippen molar-refractivity contribution in [2.45, 2.75) is 77.6 Å². The summed E-state index contributed by atoms with van der Waals surface area (Å²) in [4.78, 5) is 15.0. The van der Waals surface area contributed by atoms with Gasteiger partial charge in [0.2, 0.25) is 0 Å². The monoisotopic (exact) mass is 365 g/mol. The molecule has 0 radical (unpaired) electrons. The molecule has 1 rings (SSSR count). The van der Waals surface area contributed by atoms with Crippen LogP contribution in [0.25, 0.3) is 0 Å². The Morgan fingerprint density at radius 2 is 1.64 bits per heavy atom. The standard InChI is InChI=1S/C21H32ClNO2/c1-3-20(24)25-17-13-11-9-7-5-4-6-8-10-12-14-19-18(2)15-16-23-21(19)22/h3,15-16H,1,4-14,17H2,2H3. The van der Waals surface area contributed by atoms with Crippen molar-refractivity contribution in [1.82, 2.24) is 4.98 Å². The van der Waals surface area contributed by atoms with Gasteiger partial charge in [-0.3, -0.25) is 0 Å². The number of hydrogen-bond donors (Lipinski definition) is 0. The molecule has 0 saturated heterocycles. The van der Waals surface area contributed by atoms with E-state index >= 15 is 0 Å². The molecular formula is C21H32ClNO2. The summed E-state index contributed by atoms with van der Waals surface area (Å²) in [5.41, 5.74) is 2.46. The Labute approximate surface area is 157 Å². The molecule has 0 aliphatic heterocycles. The van der Waals surface area contributed by atoms with Gasteiger partial charge in [-0.25, -0.2) is 9.78 Å². The van der Waals surface area contributed by atoms with Crippen molar-refractivity contribution >= 4 is 17.6 Å². The molecule has 0 saturated carbocycles. The van der Waals surface area contributed by atoms with E-state index in [0.717, 1.165) is 19.3 Å². The van der Waals surface area contributed by atoms with E-state index in [1.165, 1.54) is 68.6 Å². The van der Waals surface area contributed by atoms with Crippen LogP contribution in [0, 0.1) is 6.92 Å². The molecule has 25 heavy (non-hydrogen) atoms. The fourth-order valence-corrected chi connectivity index (χ4v) is 3.21. The van der Waals surface area contributed by atoms with E-state index < -0.39 is 0 Å². The molecule has 0 unspecified atom stereocenters. The lowest BCUT2D eigenvalue weighted by Crippen LogP contribution is -2.01. The maximum atomic E-state index is 10.9. The summed E-state index contributed by atoms with van der Waals surface area (Å²) >= 11 is 6.16. The number of esters is 1. The lowest BCUT2D eigenvalue weighted by molar-refractivity contribution is -0.137. The number of carbonyl (C=O) groups excluding carboxylic acids is 1. The van der Waals surface area contributed by atoms with E-state index in [1.807, 2.05) is 6.07 Å². The molecule has 0 spiro atoms. The highest BCUT2D eigenvalue weighted by Crippen LogP contribution is 2.20. The summed E-state index contributed by atoms with van der Waals surface area (Å²) in [6.45, 7) is 6.00. The second-order valence-electron chi connectivity index (χ2n) is 6.55. The number of ether oxygens (including phenoxy) is 1. The Hall–Kier alpha value is -1.35. The fraction of sp³-hybridized carbons (Fsp3) is 0.619. The first kappa shape index (κ1) is 21.7. The van der Waals surface area contributed by atoms with Crippen LogP contribution < -0.4 is 0 Å². The zero-order chi connectivity index (χ0) is 18.3. The summed E-state index contributed by atoms with van der Waals surface area (Å²) in [5.74, 6) is -0.319. The highest BCUT2D eigenvalue weighted by atomic mass is 35.5. The average Bonchev–Trinajstić information content (AvgIpc) is 2.60. The minimum absolute atomic E-state index is 0.319. The number of pyridine rings is 1. The lowest BCUT2D eigenvalue weighted by atomic mass is 10.0. The first-order valence-corrected chi connectivity index (χ1v) is 9.92. The number of aryl methyl sites for hydroxylation is 1. The zero-order valence-corrected chi connectivity index (χ0v) is 16.3. The van der Waals surface area contributed by atoms with Crippen molar-refractivity contribution in [2.24, 2.45) is 0 Å². The van der Waals surface area contributed by atoms with E-state index in [2.05, 4.69) is 18.5 Å². The normalized spacial score (nSPS) is 10.6. The lowest BCUT2D eigenvalue weighted by Gasteiger charge is -2.07. The predicted molar refractivity (Wildman–Crippen MR) is 105 cm³/mol. The number of rotatable bonds is 14. The van der Waals surface area contributed by atoms with Crippen molar-refractivity contribution in [3.63, 3.8) is 0 Å². The first-order valence-electron chi connectivity index (χ1n) is 9.54. The van der Waals surface area contributed by atoms with Gasteiger partial charge in [-0.15, -0.1) is 0 Å². The summed E-state index contributed by atoms with van der Waals surface area (Å²) in [5, 5.41) is 0.666. The zero-order valence-electron chi connectivity index (χ0n) is 15.6. The molecule has 0 aromatic carbocycles. The summed E-state index contributed by atoms with van der Waals surface area (Å²) in [6, 6.07) is 2.03. The number of aromatic nitrogens is 1. The molecule has 3 nitrogen and oxygen atoms in total. The van der Waals surface area contributed by atoms with E-state index in [4.69, 9.17) is 16.3 Å². The number of halogens is 1. The topological polar surface area (TPSA) is 39.2 Å². The van der Waals surface area contributed by atoms with Crippen LogP contribution in [0.15, 0.2) is 24.9 Å². The van der Waals surface area contributed by atoms with Crippen molar-refractivity contribution in [2.75, 3.05) is 6.61 Å². The second kappa shape index (κ2) is 13.9. The second-order valence-corrected chi connectivity index (χ2v) is 6.91. The van der Waals surface area contributed by atoms with Crippen LogP contribution in [-0.4, -0.2) is 17.6 Å². The molecule has 0 atom stereocenters. The van der Waals surface area contributed by atoms with Gasteiger partial charge in [0.1, 0.15) is 5.15 Å². The van der Waals surface area contributed by atoms with E-state index in [-0.39, 0.29) is 5.97 Å². The minimum atomic E-state index is -0.319. The van der Waals surface area contributed by atoms with Gasteiger partial charge in [0.05, 0.1) is 6.61 Å². The van der Waals surface area contributed by atoms with Gasteiger partial charge in [-0.2, -0.15) is 0 Å². The average molecular weight is 366 g/mol. The Bertz CT molecular complexity index is 496. The Balaban J connectivity index is 1.88. The van der Waals surface area contributed by atoms with Crippen molar-refractivity contribution in [3.05, 3.63) is 41.2 Å². The number of carbonyl (C=O) groups is 1. The quantitative estimate of drug-likeness (QED) is 0.170. The molecule has 1 heterocycles. The van der Waals surface area contributed by atoms with Crippen LogP contribution in [-0.2, 0) is 16.0 Å². The van der Waals surface area contributed by atoms with Crippen molar-refractivity contribution in [3.8, 4) is 0 Å². The maximum Gasteiger partial charge on any atom is 0.330 e. The number of unbranched alkanes of at least 4 members (excludes halogenated alkanes) is 9. The van der Waals surface area contributed by atoms with E-state index in [9.17, 15) is 4.79 Å². The minimum Gasteiger partial charge on any atom is -0.463 e. The summed E-state index contributed by atoms with van der Waals surface area (Å²) < 4.78 is 4.95. The van der Waals surface area contributed by atoms with Gasteiger partial charge in [-0.1, -0.05) is 69.5 Å². The highest BCUT2D eigenvalue weighted by molar-refractivity contribution is 6.30. The van der Waals surface area contributed by atoms with Crippen LogP contribution in [0.5, 0.6) is 0 Å². The molecule has 0 N–H and O–H groups in total. The summed E-state index contributed by atoms with van der Waals surface area (Å²) in [7, 11) is 0. The maximum absolute atomic E-state index is 10.9. The van der Waals surface area contributed by atoms with Gasteiger partial charge in [0, 0.05) is 12.3 Å². The van der Waals surface area contributed by atoms with Gasteiger partial charge in [-0.05, 0) is 43.4 Å². The molecular weight excluding hydrogens is 334 g/mol. The van der Waals surface area contributed by atoms with Crippen molar-refractivity contribution < 1.29 is 9.53 Å². The van der Waals surface area contributed by atoms with Gasteiger partial charge >= 0.3 is 5.97 Å². The molecule has 4 heteroatoms. The Morgan fingerprint density at radius 1 is 1.08 bits per heavy atom. The largest absolute Gasteiger partial charge is 0.463 e. The van der Waals surface area contributed by atoms with Crippen LogP contribution in [0.1, 0.15) is 75.3 Å². The fourth-order valence-electron chi connectivity index (χ4n) is 2.91. The van der Waals surface area contributed by atoms with Gasteiger partial charge in [0.15, 0.2) is 0 Å². The molecule has 0 bridgehead atoms. The van der Waals surface area contributed by atoms with Crippen molar-refractivity contribution in [1.29, 1.82) is 0 Å². The summed E-state index contributed by atoms with van der Waals surface area (Å²) in [6.07, 6.45) is 16.3. The van der Waals surface area contributed by atoms with Gasteiger partial charge < -0.3 is 4.74 Å². The highest BCUT2D eigenvalue weighted by Gasteiger charge is 2.04. The number of hydrogen-bond acceptors (Lipinski definition) is 3. The molecule has 0 aliphatic rings. The van der Waals surface area contributed by atoms with Crippen LogP contribution in [0.2, 0.25) is 5.15 Å². The van der Waals surface area contributed by atoms with E-state index in [1.54, 1.807) is 6.20 Å². The van der Waals surface area contributed by atoms with Crippen LogP contribution >= 0.6 is 11.6 Å².